The summed E-state index contributed by atoms with van der Waals surface area (Å²) < 4.78 is 0. The Kier molecular flexibility index (Phi) is 3.89. The minimum absolute atomic E-state index is 0.540. The van der Waals surface area contributed by atoms with E-state index in [0.717, 1.165) is 18.2 Å². The first-order chi connectivity index (χ1) is 11.3. The molecule has 2 aliphatic carbocycles. The van der Waals surface area contributed by atoms with Crippen molar-refractivity contribution >= 4 is 0 Å². The molecule has 1 fully saturated rings. The fourth-order valence-electron chi connectivity index (χ4n) is 3.92. The number of hydrogen-bond acceptors (Lipinski definition) is 2. The van der Waals surface area contributed by atoms with Crippen molar-refractivity contribution < 1.29 is 0 Å². The highest BCUT2D eigenvalue weighted by Gasteiger charge is 2.36. The van der Waals surface area contributed by atoms with E-state index < -0.39 is 0 Å². The van der Waals surface area contributed by atoms with Crippen molar-refractivity contribution in [3.05, 3.63) is 70.8 Å². The van der Waals surface area contributed by atoms with Gasteiger partial charge in [0.1, 0.15) is 0 Å². The van der Waals surface area contributed by atoms with Gasteiger partial charge in [-0.05, 0) is 60.9 Å². The highest BCUT2D eigenvalue weighted by molar-refractivity contribution is 5.35. The molecule has 0 saturated heterocycles. The molecule has 0 amide bonds. The van der Waals surface area contributed by atoms with Crippen LogP contribution in [0.1, 0.15) is 54.0 Å². The van der Waals surface area contributed by atoms with Gasteiger partial charge in [0.2, 0.25) is 0 Å². The van der Waals surface area contributed by atoms with Crippen molar-refractivity contribution in [2.24, 2.45) is 0 Å². The van der Waals surface area contributed by atoms with Gasteiger partial charge in [0.25, 0.3) is 0 Å². The first-order valence-electron chi connectivity index (χ1n) is 8.68. The van der Waals surface area contributed by atoms with Crippen LogP contribution in [0.3, 0.4) is 0 Å². The summed E-state index contributed by atoms with van der Waals surface area (Å²) in [6.07, 6.45) is 6.39. The Morgan fingerprint density at radius 1 is 1.04 bits per heavy atom. The van der Waals surface area contributed by atoms with Crippen LogP contribution >= 0.6 is 0 Å². The molecule has 0 aromatic heterocycles. The largest absolute Gasteiger partial charge is 0.289 e. The number of aryl methyl sites for hydroxylation is 1. The Bertz CT molecular complexity index is 740. The van der Waals surface area contributed by atoms with Crippen molar-refractivity contribution in [1.29, 1.82) is 5.26 Å². The maximum absolute atomic E-state index is 9.13. The van der Waals surface area contributed by atoms with Gasteiger partial charge in [-0.15, -0.1) is 0 Å². The third kappa shape index (κ3) is 3.02. The van der Waals surface area contributed by atoms with Gasteiger partial charge in [0.05, 0.1) is 11.6 Å². The van der Waals surface area contributed by atoms with Crippen LogP contribution in [0.4, 0.5) is 0 Å². The first-order valence-corrected chi connectivity index (χ1v) is 8.68. The lowest BCUT2D eigenvalue weighted by atomic mass is 9.86. The molecule has 2 aliphatic rings. The molecular formula is C21H22N2. The summed E-state index contributed by atoms with van der Waals surface area (Å²) in [6, 6.07) is 20.6. The van der Waals surface area contributed by atoms with E-state index in [1.807, 2.05) is 18.2 Å². The van der Waals surface area contributed by atoms with Gasteiger partial charge in [-0.2, -0.15) is 5.26 Å². The summed E-state index contributed by atoms with van der Waals surface area (Å²) in [4.78, 5) is 2.69. The molecule has 2 nitrogen and oxygen atoms in total. The van der Waals surface area contributed by atoms with Crippen LogP contribution in [0.25, 0.3) is 0 Å². The predicted molar refractivity (Wildman–Crippen MR) is 91.8 cm³/mol. The lowest BCUT2D eigenvalue weighted by Crippen LogP contribution is -2.32. The Morgan fingerprint density at radius 2 is 1.91 bits per heavy atom. The summed E-state index contributed by atoms with van der Waals surface area (Å²) >= 11 is 0. The molecule has 1 atom stereocenters. The molecule has 0 aliphatic heterocycles. The zero-order valence-electron chi connectivity index (χ0n) is 13.4. The maximum atomic E-state index is 9.13. The Balaban J connectivity index is 1.63. The lowest BCUT2D eigenvalue weighted by Gasteiger charge is -2.36. The van der Waals surface area contributed by atoms with Crippen molar-refractivity contribution in [2.45, 2.75) is 50.7 Å². The van der Waals surface area contributed by atoms with Crippen molar-refractivity contribution in [1.82, 2.24) is 4.90 Å². The van der Waals surface area contributed by atoms with Gasteiger partial charge < -0.3 is 0 Å². The summed E-state index contributed by atoms with van der Waals surface area (Å²) in [7, 11) is 0. The highest BCUT2D eigenvalue weighted by Crippen LogP contribution is 2.41. The van der Waals surface area contributed by atoms with Crippen LogP contribution in [0.2, 0.25) is 0 Å². The molecule has 1 saturated carbocycles. The molecule has 0 heterocycles. The van der Waals surface area contributed by atoms with Crippen LogP contribution in [0, 0.1) is 11.3 Å². The van der Waals surface area contributed by atoms with E-state index in [4.69, 9.17) is 5.26 Å². The number of hydrogen-bond donors (Lipinski definition) is 0. The average molecular weight is 302 g/mol. The van der Waals surface area contributed by atoms with E-state index in [2.05, 4.69) is 41.3 Å². The number of rotatable bonds is 4. The molecule has 23 heavy (non-hydrogen) atoms. The molecule has 0 bridgehead atoms. The fraction of sp³-hybridized carbons (Fsp3) is 0.381. The second-order valence-corrected chi connectivity index (χ2v) is 6.82. The zero-order chi connectivity index (χ0) is 15.6. The van der Waals surface area contributed by atoms with Gasteiger partial charge in [0.15, 0.2) is 0 Å². The zero-order valence-corrected chi connectivity index (χ0v) is 13.4. The molecule has 0 N–H and O–H groups in total. The number of benzene rings is 2. The average Bonchev–Trinajstić information content (AvgIpc) is 3.44. The van der Waals surface area contributed by atoms with E-state index >= 15 is 0 Å². The second kappa shape index (κ2) is 6.18. The third-order valence-electron chi connectivity index (χ3n) is 5.18. The van der Waals surface area contributed by atoms with E-state index in [-0.39, 0.29) is 0 Å². The Labute approximate surface area is 138 Å². The maximum Gasteiger partial charge on any atom is 0.0991 e. The Hall–Kier alpha value is -2.11. The molecular weight excluding hydrogens is 280 g/mol. The monoisotopic (exact) mass is 302 g/mol. The molecule has 2 aromatic rings. The molecule has 2 heteroatoms. The van der Waals surface area contributed by atoms with E-state index in [9.17, 15) is 0 Å². The standard InChI is InChI=1S/C21H22N2/c22-14-16-5-3-6-17(13-16)15-23(19-11-12-19)21-10-4-8-18-7-1-2-9-20(18)21/h1-3,5-7,9,13,19,21H,4,8,10-12,15H2/t21-/m1/s1. The van der Waals surface area contributed by atoms with Crippen molar-refractivity contribution in [3.8, 4) is 6.07 Å². The normalized spacial score (nSPS) is 20.1. The lowest BCUT2D eigenvalue weighted by molar-refractivity contribution is 0.160. The van der Waals surface area contributed by atoms with Crippen LogP contribution in [0.5, 0.6) is 0 Å². The van der Waals surface area contributed by atoms with Gasteiger partial charge in [0, 0.05) is 18.6 Å². The van der Waals surface area contributed by atoms with Crippen molar-refractivity contribution in [2.75, 3.05) is 0 Å². The first kappa shape index (κ1) is 14.5. The van der Waals surface area contributed by atoms with Crippen LogP contribution < -0.4 is 0 Å². The fourth-order valence-corrected chi connectivity index (χ4v) is 3.92. The van der Waals surface area contributed by atoms with Crippen LogP contribution in [-0.2, 0) is 13.0 Å². The van der Waals surface area contributed by atoms with E-state index in [1.54, 1.807) is 0 Å². The number of fused-ring (bicyclic) bond motifs is 1. The van der Waals surface area contributed by atoms with Crippen molar-refractivity contribution in [3.63, 3.8) is 0 Å². The van der Waals surface area contributed by atoms with E-state index in [0.29, 0.717) is 6.04 Å². The third-order valence-corrected chi connectivity index (χ3v) is 5.18. The quantitative estimate of drug-likeness (QED) is 0.825. The molecule has 0 unspecified atom stereocenters. The smallest absolute Gasteiger partial charge is 0.0991 e. The molecule has 116 valence electrons. The summed E-state index contributed by atoms with van der Waals surface area (Å²) in [6.45, 7) is 0.958. The second-order valence-electron chi connectivity index (χ2n) is 6.82. The van der Waals surface area contributed by atoms with Gasteiger partial charge >= 0.3 is 0 Å². The van der Waals surface area contributed by atoms with Gasteiger partial charge in [-0.25, -0.2) is 0 Å². The summed E-state index contributed by atoms with van der Waals surface area (Å²) in [5.74, 6) is 0. The summed E-state index contributed by atoms with van der Waals surface area (Å²) in [5, 5.41) is 9.13. The topological polar surface area (TPSA) is 27.0 Å². The minimum Gasteiger partial charge on any atom is -0.289 e. The highest BCUT2D eigenvalue weighted by atomic mass is 15.2. The van der Waals surface area contributed by atoms with Gasteiger partial charge in [-0.3, -0.25) is 4.90 Å². The van der Waals surface area contributed by atoms with Gasteiger partial charge in [-0.1, -0.05) is 36.4 Å². The van der Waals surface area contributed by atoms with E-state index in [1.165, 1.54) is 48.8 Å². The summed E-state index contributed by atoms with van der Waals surface area (Å²) in [5.41, 5.74) is 5.09. The Morgan fingerprint density at radius 3 is 2.74 bits per heavy atom. The molecule has 4 rings (SSSR count). The molecule has 0 spiro atoms. The number of nitrogens with zero attached hydrogens (tertiary/aromatic N) is 2. The molecule has 0 radical (unpaired) electrons. The van der Waals surface area contributed by atoms with Crippen LogP contribution in [0.15, 0.2) is 48.5 Å². The minimum atomic E-state index is 0.540. The molecule has 2 aromatic carbocycles. The predicted octanol–water partition coefficient (Wildman–Crippen LogP) is 4.60. The number of nitriles is 1. The van der Waals surface area contributed by atoms with Crippen LogP contribution in [-0.4, -0.2) is 10.9 Å². The SMILES string of the molecule is N#Cc1cccc(CN(C2CC2)[C@@H]2CCCc3ccccc32)c1.